The molecule has 0 bridgehead atoms. The third kappa shape index (κ3) is 28.0. The highest BCUT2D eigenvalue weighted by molar-refractivity contribution is 6.30. The van der Waals surface area contributed by atoms with Crippen LogP contribution in [0.2, 0.25) is 5.02 Å². The van der Waals surface area contributed by atoms with Crippen molar-refractivity contribution in [3.8, 4) is 0 Å². The van der Waals surface area contributed by atoms with Crippen LogP contribution in [0.4, 0.5) is 11.4 Å². The average Bonchev–Trinajstić information content (AvgIpc) is 1.24. The maximum Gasteiger partial charge on any atom is 0.325 e. The summed E-state index contributed by atoms with van der Waals surface area (Å²) in [6, 6.07) is 21.3. The molecule has 0 spiro atoms. The molecule has 0 aliphatic carbocycles. The molecule has 598 valence electrons. The molecule has 10 atom stereocenters. The zero-order valence-corrected chi connectivity index (χ0v) is 64.5. The zero-order valence-electron chi connectivity index (χ0n) is 63.8. The number of hydrogen-bond acceptors (Lipinski definition) is 17. The number of nitrogens with one attached hydrogen (secondary N) is 13. The lowest BCUT2D eigenvalue weighted by Gasteiger charge is -2.31. The highest BCUT2D eigenvalue weighted by Gasteiger charge is 2.41. The number of aromatic nitrogens is 1. The lowest BCUT2D eigenvalue weighted by molar-refractivity contribution is -0.144. The van der Waals surface area contributed by atoms with Gasteiger partial charge in [0.15, 0.2) is 6.17 Å². The fourth-order valence-corrected chi connectivity index (χ4v) is 12.6. The Balaban J connectivity index is 1.19. The van der Waals surface area contributed by atoms with E-state index < -0.39 is 144 Å². The molecule has 32 heteroatoms. The number of carboxylic acid groups (broad SMARTS) is 1. The van der Waals surface area contributed by atoms with Crippen LogP contribution in [0, 0.1) is 5.92 Å². The number of halogens is 1. The largest absolute Gasteiger partial charge is 0.480 e. The van der Waals surface area contributed by atoms with E-state index in [1.807, 2.05) is 50.2 Å². The minimum Gasteiger partial charge on any atom is -0.480 e. The van der Waals surface area contributed by atoms with E-state index >= 15 is 9.59 Å². The van der Waals surface area contributed by atoms with Gasteiger partial charge in [0.25, 0.3) is 11.8 Å². The summed E-state index contributed by atoms with van der Waals surface area (Å²) in [5.41, 5.74) is 2.59. The lowest BCUT2D eigenvalue weighted by Crippen LogP contribution is -2.64. The molecule has 0 radical (unpaired) electrons. The maximum atomic E-state index is 15.3. The van der Waals surface area contributed by atoms with Crippen LogP contribution >= 0.6 is 11.6 Å². The third-order valence-electron chi connectivity index (χ3n) is 18.2. The number of amides is 13. The Kier molecular flexibility index (Phi) is 33.6. The van der Waals surface area contributed by atoms with Gasteiger partial charge in [0, 0.05) is 93.4 Å². The zero-order chi connectivity index (χ0) is 81.7. The lowest BCUT2D eigenvalue weighted by atomic mass is 9.99. The summed E-state index contributed by atoms with van der Waals surface area (Å²) in [7, 11) is 0. The molecular formula is C80H100ClN15O16. The van der Waals surface area contributed by atoms with Crippen molar-refractivity contribution >= 4 is 117 Å². The number of fused-ring (bicyclic) bond motifs is 1. The van der Waals surface area contributed by atoms with Crippen molar-refractivity contribution in [1.82, 2.24) is 68.4 Å². The maximum absolute atomic E-state index is 15.3. The predicted octanol–water partition coefficient (Wildman–Crippen LogP) is 3.15. The van der Waals surface area contributed by atoms with Gasteiger partial charge >= 0.3 is 5.97 Å². The van der Waals surface area contributed by atoms with Gasteiger partial charge in [-0.15, -0.1) is 0 Å². The topological polar surface area (TPSA) is 452 Å². The van der Waals surface area contributed by atoms with E-state index in [4.69, 9.17) is 11.6 Å². The van der Waals surface area contributed by atoms with Crippen molar-refractivity contribution in [3.63, 3.8) is 0 Å². The molecule has 2 heterocycles. The van der Waals surface area contributed by atoms with Gasteiger partial charge in [0.2, 0.25) is 65.0 Å². The van der Waals surface area contributed by atoms with E-state index in [0.29, 0.717) is 64.5 Å². The molecule has 1 aliphatic heterocycles. The summed E-state index contributed by atoms with van der Waals surface area (Å²) in [5.74, 6) is -12.3. The second kappa shape index (κ2) is 43.0. The monoisotopic (exact) mass is 1560 g/mol. The summed E-state index contributed by atoms with van der Waals surface area (Å²) in [6.45, 7) is 12.1. The number of carbonyl (C=O) groups excluding carboxylic acids is 13. The Morgan fingerprint density at radius 1 is 0.491 bits per heavy atom. The van der Waals surface area contributed by atoms with Crippen molar-refractivity contribution in [3.05, 3.63) is 173 Å². The van der Waals surface area contributed by atoms with Crippen molar-refractivity contribution < 1.29 is 77.3 Å². The van der Waals surface area contributed by atoms with Crippen molar-refractivity contribution in [1.29, 1.82) is 0 Å². The molecule has 1 saturated heterocycles. The first-order valence-corrected chi connectivity index (χ1v) is 37.4. The summed E-state index contributed by atoms with van der Waals surface area (Å²) in [4.78, 5) is 201. The Morgan fingerprint density at radius 2 is 0.955 bits per heavy atom. The standard InChI is InChI=1S/C80H100ClN15O16/c1-45(2)38-62(71(102)88-61(16-11-12-34-83-46(3)4)79(110)96-37-13-17-68(96)77(108)84-47(5)80(111)112)89-73(104)64(41-52-21-28-59(29-22-52)85-48(6)98)90-74(105)65(42-53-23-30-60(31-24-53)86-49(7)99)92-76(107)67(44-97)93-78(109)69(94-70(101)56-32-35-82-36-33-56)95-75(106)66(40-51-19-26-58(81)27-20-51)91-72(103)63(87-50(8)100)43-54-18-25-55-14-9-10-15-57(55)39-54/h9-10,14-15,18-33,35-36,39,45-47,61-69,83,97H,11-13,16-17,34,37-38,40-44H2,1-8H3,(H,84,108)(H,85,98)(H,86,99)(H,87,100)(H,88,102)(H,89,104)(H,90,105)(H,91,103)(H,92,107)(H,93,109)(H,94,101)(H,95,106)(H,111,112)/t47-,61+,62+,63-,64-,65+,66-,67+,68+,69+/m1/s1. The number of aliphatic hydroxyl groups excluding tert-OH is 1. The Bertz CT molecular complexity index is 4310. The molecule has 7 rings (SSSR count). The number of aliphatic hydroxyl groups is 1. The third-order valence-corrected chi connectivity index (χ3v) is 18.5. The van der Waals surface area contributed by atoms with Crippen molar-refractivity contribution in [2.45, 2.75) is 186 Å². The van der Waals surface area contributed by atoms with Crippen LogP contribution < -0.4 is 69.1 Å². The van der Waals surface area contributed by atoms with Crippen LogP contribution in [0.3, 0.4) is 0 Å². The molecule has 1 aliphatic rings. The van der Waals surface area contributed by atoms with Crippen molar-refractivity contribution in [2.24, 2.45) is 5.92 Å². The minimum atomic E-state index is -2.12. The fourth-order valence-electron chi connectivity index (χ4n) is 12.5. The summed E-state index contributed by atoms with van der Waals surface area (Å²) in [5, 5.41) is 57.4. The number of nitrogens with zero attached hydrogens (tertiary/aromatic N) is 2. The first-order valence-electron chi connectivity index (χ1n) is 37.1. The number of hydrogen-bond donors (Lipinski definition) is 15. The quantitative estimate of drug-likeness (QED) is 0.0194. The minimum absolute atomic E-state index is 0.0156. The molecule has 0 unspecified atom stereocenters. The van der Waals surface area contributed by atoms with Crippen LogP contribution in [0.1, 0.15) is 127 Å². The highest BCUT2D eigenvalue weighted by Crippen LogP contribution is 2.23. The number of unbranched alkanes of at least 4 members (excludes halogenated alkanes) is 1. The number of carboxylic acids is 1. The second-order valence-electron chi connectivity index (χ2n) is 28.3. The van der Waals surface area contributed by atoms with Crippen LogP contribution in [0.25, 0.3) is 10.8 Å². The molecule has 13 amide bonds. The smallest absolute Gasteiger partial charge is 0.325 e. The van der Waals surface area contributed by atoms with E-state index in [-0.39, 0.29) is 74.9 Å². The van der Waals surface area contributed by atoms with Gasteiger partial charge < -0.3 is 84.2 Å². The average molecular weight is 1560 g/mol. The summed E-state index contributed by atoms with van der Waals surface area (Å²) >= 11 is 6.24. The van der Waals surface area contributed by atoms with Gasteiger partial charge in [-0.25, -0.2) is 0 Å². The van der Waals surface area contributed by atoms with Crippen molar-refractivity contribution in [2.75, 3.05) is 30.3 Å². The molecule has 1 aromatic heterocycles. The molecule has 112 heavy (non-hydrogen) atoms. The Morgan fingerprint density at radius 3 is 1.46 bits per heavy atom. The number of anilines is 2. The molecule has 6 aromatic rings. The van der Waals surface area contributed by atoms with Gasteiger partial charge in [0.1, 0.15) is 54.4 Å². The van der Waals surface area contributed by atoms with Gasteiger partial charge in [0.05, 0.1) is 6.61 Å². The number of rotatable bonds is 40. The van der Waals surface area contributed by atoms with Gasteiger partial charge in [-0.1, -0.05) is 118 Å². The number of pyridine rings is 1. The highest BCUT2D eigenvalue weighted by atomic mass is 35.5. The van der Waals surface area contributed by atoms with E-state index in [9.17, 15) is 67.7 Å². The van der Waals surface area contributed by atoms with Gasteiger partial charge in [-0.3, -0.25) is 72.1 Å². The fraction of sp³-hybridized carbons (Fsp3) is 0.412. The first-order chi connectivity index (χ1) is 53.3. The molecule has 5 aromatic carbocycles. The molecule has 1 fully saturated rings. The Hall–Kier alpha value is -11.7. The molecule has 31 nitrogen and oxygen atoms in total. The molecular weight excluding hydrogens is 1460 g/mol. The predicted molar refractivity (Wildman–Crippen MR) is 418 cm³/mol. The SMILES string of the molecule is CC(=O)Nc1ccc(C[C@H](NC(=O)[C@H](CO)NC(=O)[C@@H](NC(=O)c2ccncc2)NC(=O)[C@@H](Cc2ccc(Cl)cc2)NC(=O)[C@@H](Cc2ccc3ccccc3c2)NC(C)=O)C(=O)N[C@H](Cc2ccc(NC(C)=O)cc2)C(=O)N[C@@H](CC(C)C)C(=O)N[C@@H](CCCCNC(C)C)C(=O)N2CCC[C@H]2C(=O)N[C@H](C)C(=O)O)cc1. The number of aliphatic carboxylic acids is 1. The summed E-state index contributed by atoms with van der Waals surface area (Å²) < 4.78 is 0. The number of carbonyl (C=O) groups is 14. The summed E-state index contributed by atoms with van der Waals surface area (Å²) in [6.07, 6.45) is 1.21. The van der Waals surface area contributed by atoms with Gasteiger partial charge in [-0.2, -0.15) is 0 Å². The van der Waals surface area contributed by atoms with E-state index in [0.717, 1.165) is 10.8 Å². The van der Waals surface area contributed by atoms with E-state index in [2.05, 4.69) is 74.1 Å². The number of benzene rings is 5. The van der Waals surface area contributed by atoms with Gasteiger partial charge in [-0.05, 0) is 139 Å². The van der Waals surface area contributed by atoms with Crippen LogP contribution in [0.5, 0.6) is 0 Å². The first kappa shape index (κ1) is 87.5. The second-order valence-corrected chi connectivity index (χ2v) is 28.8. The molecule has 0 saturated carbocycles. The number of likely N-dealkylation sites (tertiary alicyclic amines) is 1. The van der Waals surface area contributed by atoms with E-state index in [1.54, 1.807) is 68.4 Å². The van der Waals surface area contributed by atoms with Crippen LogP contribution in [-0.2, 0) is 88.0 Å². The van der Waals surface area contributed by atoms with Crippen LogP contribution in [0.15, 0.2) is 140 Å². The van der Waals surface area contributed by atoms with Crippen LogP contribution in [-0.4, -0.2) is 189 Å². The van der Waals surface area contributed by atoms with E-state index in [1.165, 1.54) is 81.4 Å². The molecule has 15 N–H and O–H groups in total. The Labute approximate surface area is 654 Å². The normalized spacial score (nSPS) is 14.9.